The molecule has 0 aliphatic heterocycles. The number of halogens is 1. The van der Waals surface area contributed by atoms with Crippen LogP contribution in [0.4, 0.5) is 10.5 Å². The molecule has 0 fully saturated rings. The third kappa shape index (κ3) is 4.32. The van der Waals surface area contributed by atoms with Gasteiger partial charge in [-0.3, -0.25) is 4.79 Å². The standard InChI is InChI=1S/C11H13ClN2O3/c1-7-3-4-8(12)5-9(7)14-10(15)6-13-11(16)17-2/h3-5H,6H2,1-2H3,(H,13,16)(H,14,15). The van der Waals surface area contributed by atoms with Crippen LogP contribution in [0.25, 0.3) is 0 Å². The summed E-state index contributed by atoms with van der Waals surface area (Å²) in [6, 6.07) is 5.18. The molecule has 0 aliphatic carbocycles. The predicted octanol–water partition coefficient (Wildman–Crippen LogP) is 1.94. The van der Waals surface area contributed by atoms with Gasteiger partial charge in [0.15, 0.2) is 0 Å². The second-order valence-corrected chi connectivity index (χ2v) is 3.79. The van der Waals surface area contributed by atoms with Crippen molar-refractivity contribution in [3.8, 4) is 0 Å². The minimum Gasteiger partial charge on any atom is -0.453 e. The summed E-state index contributed by atoms with van der Waals surface area (Å²) in [6.45, 7) is 1.69. The number of rotatable bonds is 3. The normalized spacial score (nSPS) is 9.59. The van der Waals surface area contributed by atoms with Crippen LogP contribution in [0.1, 0.15) is 5.56 Å². The Labute approximate surface area is 104 Å². The van der Waals surface area contributed by atoms with E-state index in [9.17, 15) is 9.59 Å². The van der Waals surface area contributed by atoms with Crippen LogP contribution < -0.4 is 10.6 Å². The molecule has 0 radical (unpaired) electrons. The lowest BCUT2D eigenvalue weighted by atomic mass is 10.2. The Hall–Kier alpha value is -1.75. The zero-order valence-electron chi connectivity index (χ0n) is 9.54. The molecule has 2 N–H and O–H groups in total. The predicted molar refractivity (Wildman–Crippen MR) is 65.2 cm³/mol. The van der Waals surface area contributed by atoms with Gasteiger partial charge in [-0.1, -0.05) is 17.7 Å². The number of carbonyl (C=O) groups is 2. The van der Waals surface area contributed by atoms with Crippen LogP contribution in [0.5, 0.6) is 0 Å². The second kappa shape index (κ2) is 6.10. The molecule has 1 rings (SSSR count). The molecule has 0 unspecified atom stereocenters. The summed E-state index contributed by atoms with van der Waals surface area (Å²) in [5, 5.41) is 5.45. The fourth-order valence-electron chi connectivity index (χ4n) is 1.15. The number of carbonyl (C=O) groups excluding carboxylic acids is 2. The van der Waals surface area contributed by atoms with Gasteiger partial charge in [0.1, 0.15) is 6.54 Å². The van der Waals surface area contributed by atoms with Gasteiger partial charge in [-0.15, -0.1) is 0 Å². The van der Waals surface area contributed by atoms with Gasteiger partial charge < -0.3 is 15.4 Å². The Morgan fingerprint density at radius 2 is 2.12 bits per heavy atom. The highest BCUT2D eigenvalue weighted by atomic mass is 35.5. The third-order valence-corrected chi connectivity index (χ3v) is 2.29. The molecule has 0 atom stereocenters. The van der Waals surface area contributed by atoms with Gasteiger partial charge in [0.05, 0.1) is 7.11 Å². The van der Waals surface area contributed by atoms with E-state index < -0.39 is 6.09 Å². The fraction of sp³-hybridized carbons (Fsp3) is 0.273. The van der Waals surface area contributed by atoms with E-state index in [4.69, 9.17) is 11.6 Å². The maximum Gasteiger partial charge on any atom is 0.407 e. The smallest absolute Gasteiger partial charge is 0.407 e. The first-order valence-corrected chi connectivity index (χ1v) is 5.28. The minimum absolute atomic E-state index is 0.154. The SMILES string of the molecule is COC(=O)NCC(=O)Nc1cc(Cl)ccc1C. The van der Waals surface area contributed by atoms with E-state index in [1.54, 1.807) is 18.2 Å². The average molecular weight is 257 g/mol. The highest BCUT2D eigenvalue weighted by Gasteiger charge is 2.07. The second-order valence-electron chi connectivity index (χ2n) is 3.35. The topological polar surface area (TPSA) is 67.4 Å². The molecule has 6 heteroatoms. The van der Waals surface area contributed by atoms with E-state index in [-0.39, 0.29) is 12.5 Å². The quantitative estimate of drug-likeness (QED) is 0.869. The number of nitrogens with one attached hydrogen (secondary N) is 2. The molecule has 17 heavy (non-hydrogen) atoms. The summed E-state index contributed by atoms with van der Waals surface area (Å²) >= 11 is 5.81. The summed E-state index contributed by atoms with van der Waals surface area (Å²) in [4.78, 5) is 22.2. The lowest BCUT2D eigenvalue weighted by Crippen LogP contribution is -2.32. The molecular formula is C11H13ClN2O3. The summed E-state index contributed by atoms with van der Waals surface area (Å²) < 4.78 is 4.34. The largest absolute Gasteiger partial charge is 0.453 e. The van der Waals surface area contributed by atoms with Gasteiger partial charge in [-0.25, -0.2) is 4.79 Å². The molecule has 0 spiro atoms. The summed E-state index contributed by atoms with van der Waals surface area (Å²) in [5.74, 6) is -0.347. The van der Waals surface area contributed by atoms with E-state index in [1.807, 2.05) is 6.92 Å². The molecule has 0 aliphatic rings. The molecular weight excluding hydrogens is 244 g/mol. The first-order chi connectivity index (χ1) is 8.02. The van der Waals surface area contributed by atoms with Crippen LogP contribution in [-0.4, -0.2) is 25.7 Å². The molecule has 0 aromatic heterocycles. The minimum atomic E-state index is -0.650. The van der Waals surface area contributed by atoms with Crippen LogP contribution in [0.15, 0.2) is 18.2 Å². The van der Waals surface area contributed by atoms with E-state index in [0.29, 0.717) is 10.7 Å². The van der Waals surface area contributed by atoms with Gasteiger partial charge in [-0.2, -0.15) is 0 Å². The van der Waals surface area contributed by atoms with Crippen LogP contribution in [0.2, 0.25) is 5.02 Å². The van der Waals surface area contributed by atoms with Crippen molar-refractivity contribution in [2.45, 2.75) is 6.92 Å². The van der Waals surface area contributed by atoms with E-state index in [2.05, 4.69) is 15.4 Å². The molecule has 1 aromatic rings. The van der Waals surface area contributed by atoms with Crippen molar-refractivity contribution < 1.29 is 14.3 Å². The van der Waals surface area contributed by atoms with Crippen LogP contribution in [0, 0.1) is 6.92 Å². The van der Waals surface area contributed by atoms with E-state index in [0.717, 1.165) is 5.56 Å². The number of ether oxygens (including phenoxy) is 1. The summed E-state index contributed by atoms with van der Waals surface area (Å²) in [6.07, 6.45) is -0.650. The number of hydrogen-bond donors (Lipinski definition) is 2. The number of benzene rings is 1. The first kappa shape index (κ1) is 13.3. The third-order valence-electron chi connectivity index (χ3n) is 2.05. The summed E-state index contributed by atoms with van der Waals surface area (Å²) in [5.41, 5.74) is 1.51. The van der Waals surface area contributed by atoms with E-state index in [1.165, 1.54) is 7.11 Å². The number of alkyl carbamates (subject to hydrolysis) is 1. The molecule has 0 saturated heterocycles. The lowest BCUT2D eigenvalue weighted by molar-refractivity contribution is -0.115. The number of methoxy groups -OCH3 is 1. The lowest BCUT2D eigenvalue weighted by Gasteiger charge is -2.09. The molecule has 0 heterocycles. The highest BCUT2D eigenvalue weighted by molar-refractivity contribution is 6.31. The maximum absolute atomic E-state index is 11.5. The Morgan fingerprint density at radius 1 is 1.41 bits per heavy atom. The number of aryl methyl sites for hydroxylation is 1. The van der Waals surface area contributed by atoms with Crippen LogP contribution >= 0.6 is 11.6 Å². The zero-order chi connectivity index (χ0) is 12.8. The number of anilines is 1. The van der Waals surface area contributed by atoms with Crippen LogP contribution in [0.3, 0.4) is 0 Å². The fourth-order valence-corrected chi connectivity index (χ4v) is 1.32. The highest BCUT2D eigenvalue weighted by Crippen LogP contribution is 2.19. The van der Waals surface area contributed by atoms with Crippen molar-refractivity contribution in [2.75, 3.05) is 19.0 Å². The van der Waals surface area contributed by atoms with Gasteiger partial charge >= 0.3 is 6.09 Å². The first-order valence-electron chi connectivity index (χ1n) is 4.90. The van der Waals surface area contributed by atoms with Crippen molar-refractivity contribution in [2.24, 2.45) is 0 Å². The van der Waals surface area contributed by atoms with Gasteiger partial charge in [0, 0.05) is 10.7 Å². The van der Waals surface area contributed by atoms with Crippen molar-refractivity contribution in [1.82, 2.24) is 5.32 Å². The molecule has 0 saturated carbocycles. The molecule has 1 aromatic carbocycles. The van der Waals surface area contributed by atoms with Crippen molar-refractivity contribution in [3.05, 3.63) is 28.8 Å². The Kier molecular flexibility index (Phi) is 4.78. The van der Waals surface area contributed by atoms with Gasteiger partial charge in [-0.05, 0) is 24.6 Å². The molecule has 92 valence electrons. The van der Waals surface area contributed by atoms with Crippen molar-refractivity contribution >= 4 is 29.3 Å². The van der Waals surface area contributed by atoms with Gasteiger partial charge in [0.25, 0.3) is 0 Å². The Bertz CT molecular complexity index is 435. The van der Waals surface area contributed by atoms with Crippen LogP contribution in [-0.2, 0) is 9.53 Å². The molecule has 0 bridgehead atoms. The van der Waals surface area contributed by atoms with Crippen molar-refractivity contribution in [1.29, 1.82) is 0 Å². The van der Waals surface area contributed by atoms with E-state index >= 15 is 0 Å². The van der Waals surface area contributed by atoms with Gasteiger partial charge in [0.2, 0.25) is 5.91 Å². The molecule has 2 amide bonds. The monoisotopic (exact) mass is 256 g/mol. The maximum atomic E-state index is 11.5. The van der Waals surface area contributed by atoms with Crippen molar-refractivity contribution in [3.63, 3.8) is 0 Å². The Balaban J connectivity index is 2.56. The Morgan fingerprint density at radius 3 is 2.76 bits per heavy atom. The number of hydrogen-bond acceptors (Lipinski definition) is 3. The zero-order valence-corrected chi connectivity index (χ0v) is 10.3. The number of amides is 2. The molecule has 5 nitrogen and oxygen atoms in total. The summed E-state index contributed by atoms with van der Waals surface area (Å²) in [7, 11) is 1.23. The average Bonchev–Trinajstić information content (AvgIpc) is 2.30.